The fourth-order valence-electron chi connectivity index (χ4n) is 1.19. The van der Waals surface area contributed by atoms with E-state index in [1.165, 1.54) is 6.92 Å². The Bertz CT molecular complexity index is 224. The molecule has 1 atom stereocenters. The van der Waals surface area contributed by atoms with Gasteiger partial charge < -0.3 is 10.5 Å². The van der Waals surface area contributed by atoms with Gasteiger partial charge in [0.2, 0.25) is 0 Å². The number of nitrogens with two attached hydrogens (primary N) is 1. The lowest BCUT2D eigenvalue weighted by Crippen LogP contribution is -2.53. The van der Waals surface area contributed by atoms with Gasteiger partial charge in [-0.3, -0.25) is 4.79 Å². The highest BCUT2D eigenvalue weighted by molar-refractivity contribution is 6.07. The minimum Gasteiger partial charge on any atom is -0.464 e. The molecule has 15 heavy (non-hydrogen) atoms. The molecule has 0 aromatic carbocycles. The standard InChI is InChI=1S/C11H21NO3/c1-4-6-7-8-9(13)11(3,12)10(14)15-5-2/h4-8,12H2,1-3H3. The molecule has 1 unspecified atom stereocenters. The van der Waals surface area contributed by atoms with Crippen molar-refractivity contribution in [3.63, 3.8) is 0 Å². The summed E-state index contributed by atoms with van der Waals surface area (Å²) in [6.45, 7) is 5.40. The van der Waals surface area contributed by atoms with E-state index >= 15 is 0 Å². The van der Waals surface area contributed by atoms with Crippen LogP contribution in [0.4, 0.5) is 0 Å². The van der Waals surface area contributed by atoms with Gasteiger partial charge in [0.15, 0.2) is 11.3 Å². The molecule has 88 valence electrons. The average Bonchev–Trinajstić information content (AvgIpc) is 2.18. The molecule has 0 aliphatic carbocycles. The highest BCUT2D eigenvalue weighted by Crippen LogP contribution is 2.10. The first kappa shape index (κ1) is 14.1. The lowest BCUT2D eigenvalue weighted by Gasteiger charge is -2.20. The Balaban J connectivity index is 4.19. The van der Waals surface area contributed by atoms with Crippen LogP contribution in [0.3, 0.4) is 0 Å². The largest absolute Gasteiger partial charge is 0.464 e. The Hall–Kier alpha value is -0.900. The van der Waals surface area contributed by atoms with Gasteiger partial charge in [0.05, 0.1) is 6.61 Å². The number of unbranched alkanes of at least 4 members (excludes halogenated alkanes) is 2. The molecule has 0 fully saturated rings. The van der Waals surface area contributed by atoms with Crippen LogP contribution in [0.25, 0.3) is 0 Å². The summed E-state index contributed by atoms with van der Waals surface area (Å²) in [6, 6.07) is 0. The summed E-state index contributed by atoms with van der Waals surface area (Å²) in [5.41, 5.74) is 4.17. The van der Waals surface area contributed by atoms with Crippen LogP contribution in [0.2, 0.25) is 0 Å². The Morgan fingerprint density at radius 3 is 2.33 bits per heavy atom. The van der Waals surface area contributed by atoms with Crippen LogP contribution in [0.5, 0.6) is 0 Å². The van der Waals surface area contributed by atoms with Crippen LogP contribution in [0, 0.1) is 0 Å². The van der Waals surface area contributed by atoms with Gasteiger partial charge in [0, 0.05) is 6.42 Å². The van der Waals surface area contributed by atoms with Gasteiger partial charge in [-0.25, -0.2) is 4.79 Å². The predicted molar refractivity (Wildman–Crippen MR) is 58.4 cm³/mol. The molecule has 0 rings (SSSR count). The second kappa shape index (κ2) is 6.56. The average molecular weight is 215 g/mol. The Morgan fingerprint density at radius 1 is 1.27 bits per heavy atom. The van der Waals surface area contributed by atoms with Crippen molar-refractivity contribution in [1.29, 1.82) is 0 Å². The van der Waals surface area contributed by atoms with Crippen molar-refractivity contribution in [1.82, 2.24) is 0 Å². The minimum atomic E-state index is -1.48. The molecule has 0 heterocycles. The zero-order chi connectivity index (χ0) is 11.9. The summed E-state index contributed by atoms with van der Waals surface area (Å²) in [5.74, 6) is -0.874. The van der Waals surface area contributed by atoms with E-state index in [1.807, 2.05) is 0 Å². The van der Waals surface area contributed by atoms with Gasteiger partial charge in [-0.15, -0.1) is 0 Å². The molecule has 2 N–H and O–H groups in total. The maximum absolute atomic E-state index is 11.6. The van der Waals surface area contributed by atoms with E-state index in [0.29, 0.717) is 6.42 Å². The summed E-state index contributed by atoms with van der Waals surface area (Å²) in [5, 5.41) is 0. The van der Waals surface area contributed by atoms with Crippen LogP contribution >= 0.6 is 0 Å². The number of carbonyl (C=O) groups is 2. The van der Waals surface area contributed by atoms with Crippen LogP contribution in [-0.4, -0.2) is 23.9 Å². The molecule has 0 radical (unpaired) electrons. The molecule has 0 bridgehead atoms. The number of hydrogen-bond acceptors (Lipinski definition) is 4. The molecule has 0 spiro atoms. The highest BCUT2D eigenvalue weighted by Gasteiger charge is 2.37. The van der Waals surface area contributed by atoms with Crippen molar-refractivity contribution in [3.05, 3.63) is 0 Å². The molecule has 0 aliphatic heterocycles. The molecule has 0 aromatic rings. The third-order valence-corrected chi connectivity index (χ3v) is 2.29. The fourth-order valence-corrected chi connectivity index (χ4v) is 1.19. The topological polar surface area (TPSA) is 69.4 Å². The second-order valence-corrected chi connectivity index (χ2v) is 3.80. The first-order valence-corrected chi connectivity index (χ1v) is 5.46. The van der Waals surface area contributed by atoms with E-state index in [9.17, 15) is 9.59 Å². The van der Waals surface area contributed by atoms with Gasteiger partial charge in [0.25, 0.3) is 0 Å². The number of Topliss-reactive ketones (excluding diaryl/α,β-unsaturated/α-hetero) is 1. The molecule has 4 heteroatoms. The fraction of sp³-hybridized carbons (Fsp3) is 0.818. The number of ether oxygens (including phenoxy) is 1. The number of hydrogen-bond donors (Lipinski definition) is 1. The monoisotopic (exact) mass is 215 g/mol. The summed E-state index contributed by atoms with van der Waals surface area (Å²) in [4.78, 5) is 23.0. The van der Waals surface area contributed by atoms with E-state index in [0.717, 1.165) is 19.3 Å². The SMILES string of the molecule is CCCCCC(=O)C(C)(N)C(=O)OCC. The summed E-state index contributed by atoms with van der Waals surface area (Å²) < 4.78 is 4.75. The predicted octanol–water partition coefficient (Wildman–Crippen LogP) is 1.42. The maximum Gasteiger partial charge on any atom is 0.333 e. The van der Waals surface area contributed by atoms with Crippen molar-refractivity contribution >= 4 is 11.8 Å². The highest BCUT2D eigenvalue weighted by atomic mass is 16.5. The third-order valence-electron chi connectivity index (χ3n) is 2.29. The molecular formula is C11H21NO3. The molecule has 0 aliphatic rings. The Labute approximate surface area is 91.2 Å². The number of esters is 1. The van der Waals surface area contributed by atoms with E-state index in [-0.39, 0.29) is 12.4 Å². The van der Waals surface area contributed by atoms with Crippen LogP contribution in [0.15, 0.2) is 0 Å². The van der Waals surface area contributed by atoms with Crippen LogP contribution in [-0.2, 0) is 14.3 Å². The van der Waals surface area contributed by atoms with Crippen molar-refractivity contribution in [2.45, 2.75) is 52.0 Å². The van der Waals surface area contributed by atoms with Gasteiger partial charge in [-0.2, -0.15) is 0 Å². The number of rotatable bonds is 7. The van der Waals surface area contributed by atoms with E-state index in [1.54, 1.807) is 6.92 Å². The molecule has 0 saturated heterocycles. The third kappa shape index (κ3) is 4.42. The van der Waals surface area contributed by atoms with Gasteiger partial charge >= 0.3 is 5.97 Å². The van der Waals surface area contributed by atoms with Crippen LogP contribution < -0.4 is 5.73 Å². The maximum atomic E-state index is 11.6. The smallest absolute Gasteiger partial charge is 0.333 e. The number of carbonyl (C=O) groups excluding carboxylic acids is 2. The van der Waals surface area contributed by atoms with Gasteiger partial charge in [-0.05, 0) is 20.3 Å². The lowest BCUT2D eigenvalue weighted by atomic mass is 9.94. The summed E-state index contributed by atoms with van der Waals surface area (Å²) in [7, 11) is 0. The summed E-state index contributed by atoms with van der Waals surface area (Å²) in [6.07, 6.45) is 3.14. The minimum absolute atomic E-state index is 0.241. The molecule has 0 saturated carbocycles. The van der Waals surface area contributed by atoms with Gasteiger partial charge in [-0.1, -0.05) is 19.8 Å². The van der Waals surface area contributed by atoms with Crippen LogP contribution in [0.1, 0.15) is 46.5 Å². The Kier molecular flexibility index (Phi) is 6.17. The van der Waals surface area contributed by atoms with Gasteiger partial charge in [0.1, 0.15) is 0 Å². The van der Waals surface area contributed by atoms with Crippen molar-refractivity contribution in [2.75, 3.05) is 6.61 Å². The van der Waals surface area contributed by atoms with Crippen molar-refractivity contribution < 1.29 is 14.3 Å². The molecule has 4 nitrogen and oxygen atoms in total. The zero-order valence-corrected chi connectivity index (χ0v) is 9.84. The lowest BCUT2D eigenvalue weighted by molar-refractivity contribution is -0.152. The molecule has 0 aromatic heterocycles. The van der Waals surface area contributed by atoms with Crippen molar-refractivity contribution in [2.24, 2.45) is 5.73 Å². The normalized spacial score (nSPS) is 14.4. The number of ketones is 1. The Morgan fingerprint density at radius 2 is 1.87 bits per heavy atom. The quantitative estimate of drug-likeness (QED) is 0.396. The molecule has 0 amide bonds. The first-order chi connectivity index (χ1) is 6.96. The van der Waals surface area contributed by atoms with E-state index < -0.39 is 11.5 Å². The van der Waals surface area contributed by atoms with E-state index in [2.05, 4.69) is 6.92 Å². The van der Waals surface area contributed by atoms with E-state index in [4.69, 9.17) is 10.5 Å². The summed E-state index contributed by atoms with van der Waals surface area (Å²) >= 11 is 0. The second-order valence-electron chi connectivity index (χ2n) is 3.80. The first-order valence-electron chi connectivity index (χ1n) is 5.46. The molecular weight excluding hydrogens is 194 g/mol. The zero-order valence-electron chi connectivity index (χ0n) is 9.84. The van der Waals surface area contributed by atoms with Crippen molar-refractivity contribution in [3.8, 4) is 0 Å².